The minimum absolute atomic E-state index is 0.0532. The van der Waals surface area contributed by atoms with Crippen LogP contribution in [0.3, 0.4) is 0 Å². The number of fused-ring (bicyclic) bond motifs is 3. The van der Waals surface area contributed by atoms with Crippen LogP contribution in [0.4, 0.5) is 5.13 Å². The average Bonchev–Trinajstić information content (AvgIpc) is 3.27. The molecule has 1 aromatic carbocycles. The number of carbonyl (C=O) groups is 3. The van der Waals surface area contributed by atoms with Crippen molar-refractivity contribution in [3.63, 3.8) is 0 Å². The van der Waals surface area contributed by atoms with Crippen molar-refractivity contribution in [1.29, 1.82) is 0 Å². The summed E-state index contributed by atoms with van der Waals surface area (Å²) in [7, 11) is 0. The SMILES string of the molecule is CC(=O)NCC1CNC(=O)c2cc3ccc(C(=O)Nc4nccs4)cc3n2C1. The first-order valence-electron chi connectivity index (χ1n) is 8.88. The number of anilines is 1. The van der Waals surface area contributed by atoms with Gasteiger partial charge in [-0.25, -0.2) is 4.98 Å². The normalized spacial score (nSPS) is 16.2. The lowest BCUT2D eigenvalue weighted by atomic mass is 10.1. The van der Waals surface area contributed by atoms with Gasteiger partial charge in [0, 0.05) is 60.5 Å². The number of hydrogen-bond donors (Lipinski definition) is 3. The van der Waals surface area contributed by atoms with E-state index in [9.17, 15) is 14.4 Å². The Balaban J connectivity index is 1.66. The van der Waals surface area contributed by atoms with Crippen LogP contribution in [0, 0.1) is 5.92 Å². The Morgan fingerprint density at radius 2 is 2.21 bits per heavy atom. The van der Waals surface area contributed by atoms with Gasteiger partial charge < -0.3 is 15.2 Å². The van der Waals surface area contributed by atoms with Crippen molar-refractivity contribution >= 4 is 45.1 Å². The second-order valence-corrected chi connectivity index (χ2v) is 7.61. The standard InChI is InChI=1S/C19H19N5O3S/c1-11(25)21-8-12-9-22-18(27)16-6-13-2-3-14(7-15(13)24(16)10-12)17(26)23-19-20-4-5-28-19/h2-7,12H,8-10H2,1H3,(H,21,25)(H,22,27)(H,20,23,26). The van der Waals surface area contributed by atoms with E-state index >= 15 is 0 Å². The molecule has 1 atom stereocenters. The van der Waals surface area contributed by atoms with E-state index in [1.165, 1.54) is 18.3 Å². The molecule has 0 spiro atoms. The van der Waals surface area contributed by atoms with Gasteiger partial charge in [-0.05, 0) is 18.2 Å². The summed E-state index contributed by atoms with van der Waals surface area (Å²) in [5.74, 6) is -0.456. The number of nitrogens with one attached hydrogen (secondary N) is 3. The van der Waals surface area contributed by atoms with Crippen molar-refractivity contribution in [2.75, 3.05) is 18.4 Å². The Hall–Kier alpha value is -3.20. The van der Waals surface area contributed by atoms with Gasteiger partial charge in [0.05, 0.1) is 0 Å². The first-order chi connectivity index (χ1) is 13.5. The highest BCUT2D eigenvalue weighted by molar-refractivity contribution is 7.13. The van der Waals surface area contributed by atoms with Crippen LogP contribution in [0.15, 0.2) is 35.8 Å². The van der Waals surface area contributed by atoms with Crippen LogP contribution < -0.4 is 16.0 Å². The van der Waals surface area contributed by atoms with Crippen molar-refractivity contribution < 1.29 is 14.4 Å². The third-order valence-electron chi connectivity index (χ3n) is 4.68. The quantitative estimate of drug-likeness (QED) is 0.625. The van der Waals surface area contributed by atoms with Crippen LogP contribution in [0.25, 0.3) is 10.9 Å². The minimum Gasteiger partial charge on any atom is -0.356 e. The van der Waals surface area contributed by atoms with E-state index in [4.69, 9.17) is 0 Å². The molecule has 0 saturated carbocycles. The summed E-state index contributed by atoms with van der Waals surface area (Å²) in [5.41, 5.74) is 1.86. The van der Waals surface area contributed by atoms with Gasteiger partial charge in [0.2, 0.25) is 5.91 Å². The zero-order valence-electron chi connectivity index (χ0n) is 15.2. The third-order valence-corrected chi connectivity index (χ3v) is 5.37. The molecular formula is C19H19N5O3S. The number of aromatic nitrogens is 2. The van der Waals surface area contributed by atoms with Gasteiger partial charge in [0.25, 0.3) is 11.8 Å². The maximum absolute atomic E-state index is 12.5. The van der Waals surface area contributed by atoms with Gasteiger partial charge >= 0.3 is 0 Å². The molecule has 28 heavy (non-hydrogen) atoms. The number of benzene rings is 1. The molecule has 0 aliphatic carbocycles. The molecule has 8 nitrogen and oxygen atoms in total. The molecule has 3 amide bonds. The molecule has 1 aliphatic heterocycles. The van der Waals surface area contributed by atoms with Crippen LogP contribution in [-0.4, -0.2) is 40.4 Å². The summed E-state index contributed by atoms with van der Waals surface area (Å²) in [6.07, 6.45) is 1.63. The molecule has 0 fully saturated rings. The van der Waals surface area contributed by atoms with Crippen LogP contribution in [0.2, 0.25) is 0 Å². The third kappa shape index (κ3) is 3.61. The highest BCUT2D eigenvalue weighted by Crippen LogP contribution is 2.25. The minimum atomic E-state index is -0.250. The maximum Gasteiger partial charge on any atom is 0.267 e. The summed E-state index contributed by atoms with van der Waals surface area (Å²) < 4.78 is 1.92. The Kier molecular flexibility index (Phi) is 4.82. The molecule has 4 rings (SSSR count). The monoisotopic (exact) mass is 397 g/mol. The van der Waals surface area contributed by atoms with Crippen molar-refractivity contribution in [3.8, 4) is 0 Å². The molecule has 1 unspecified atom stereocenters. The summed E-state index contributed by atoms with van der Waals surface area (Å²) >= 11 is 1.35. The fourth-order valence-corrected chi connectivity index (χ4v) is 3.83. The van der Waals surface area contributed by atoms with Gasteiger partial charge in [0.15, 0.2) is 5.13 Å². The molecule has 1 aliphatic rings. The molecule has 3 heterocycles. The summed E-state index contributed by atoms with van der Waals surface area (Å²) in [6.45, 7) is 2.99. The number of amides is 3. The molecular weight excluding hydrogens is 378 g/mol. The summed E-state index contributed by atoms with van der Waals surface area (Å²) in [6, 6.07) is 7.19. The van der Waals surface area contributed by atoms with Crippen LogP contribution in [0.5, 0.6) is 0 Å². The Labute approximate surface area is 164 Å². The molecule has 0 bridgehead atoms. The first kappa shape index (κ1) is 18.2. The van der Waals surface area contributed by atoms with Gasteiger partial charge in [-0.1, -0.05) is 6.07 Å². The van der Waals surface area contributed by atoms with Crippen molar-refractivity contribution in [3.05, 3.63) is 47.1 Å². The van der Waals surface area contributed by atoms with Gasteiger partial charge in [0.1, 0.15) is 5.69 Å². The molecule has 2 aromatic heterocycles. The lowest BCUT2D eigenvalue weighted by molar-refractivity contribution is -0.119. The largest absolute Gasteiger partial charge is 0.356 e. The molecule has 0 saturated heterocycles. The number of rotatable bonds is 4. The second-order valence-electron chi connectivity index (χ2n) is 6.72. The summed E-state index contributed by atoms with van der Waals surface area (Å²) in [5, 5.41) is 11.7. The second kappa shape index (κ2) is 7.43. The predicted octanol–water partition coefficient (Wildman–Crippen LogP) is 1.85. The molecule has 3 aromatic rings. The molecule has 144 valence electrons. The fourth-order valence-electron chi connectivity index (χ4n) is 3.31. The van der Waals surface area contributed by atoms with Gasteiger partial charge in [-0.15, -0.1) is 11.3 Å². The van der Waals surface area contributed by atoms with E-state index in [2.05, 4.69) is 20.9 Å². The van der Waals surface area contributed by atoms with Crippen molar-refractivity contribution in [2.24, 2.45) is 5.92 Å². The van der Waals surface area contributed by atoms with Gasteiger partial charge in [-0.3, -0.25) is 19.7 Å². The number of hydrogen-bond acceptors (Lipinski definition) is 5. The van der Waals surface area contributed by atoms with Crippen LogP contribution >= 0.6 is 11.3 Å². The number of thiazole rings is 1. The van der Waals surface area contributed by atoms with E-state index in [0.717, 1.165) is 10.9 Å². The van der Waals surface area contributed by atoms with Gasteiger partial charge in [-0.2, -0.15) is 0 Å². The lowest BCUT2D eigenvalue weighted by Gasteiger charge is -2.16. The lowest BCUT2D eigenvalue weighted by Crippen LogP contribution is -2.35. The Morgan fingerprint density at radius 1 is 1.36 bits per heavy atom. The van der Waals surface area contributed by atoms with Crippen molar-refractivity contribution in [2.45, 2.75) is 13.5 Å². The van der Waals surface area contributed by atoms with Crippen LogP contribution in [0.1, 0.15) is 27.8 Å². The van der Waals surface area contributed by atoms with E-state index in [0.29, 0.717) is 36.0 Å². The molecule has 0 radical (unpaired) electrons. The Morgan fingerprint density at radius 3 is 2.96 bits per heavy atom. The zero-order chi connectivity index (χ0) is 19.7. The predicted molar refractivity (Wildman–Crippen MR) is 107 cm³/mol. The number of carbonyl (C=O) groups excluding carboxylic acids is 3. The smallest absolute Gasteiger partial charge is 0.267 e. The maximum atomic E-state index is 12.5. The zero-order valence-corrected chi connectivity index (χ0v) is 16.0. The fraction of sp³-hybridized carbons (Fsp3) is 0.263. The van der Waals surface area contributed by atoms with E-state index < -0.39 is 0 Å². The topological polar surface area (TPSA) is 105 Å². The highest BCUT2D eigenvalue weighted by Gasteiger charge is 2.24. The first-order valence-corrected chi connectivity index (χ1v) is 9.76. The van der Waals surface area contributed by atoms with Crippen molar-refractivity contribution in [1.82, 2.24) is 20.2 Å². The number of nitrogens with zero attached hydrogens (tertiary/aromatic N) is 2. The van der Waals surface area contributed by atoms with Crippen LogP contribution in [-0.2, 0) is 11.3 Å². The molecule has 3 N–H and O–H groups in total. The average molecular weight is 397 g/mol. The van der Waals surface area contributed by atoms with E-state index in [-0.39, 0.29) is 23.6 Å². The highest BCUT2D eigenvalue weighted by atomic mass is 32.1. The summed E-state index contributed by atoms with van der Waals surface area (Å²) in [4.78, 5) is 40.3. The van der Waals surface area contributed by atoms with E-state index in [1.54, 1.807) is 23.7 Å². The Bertz CT molecular complexity index is 1060. The van der Waals surface area contributed by atoms with E-state index in [1.807, 2.05) is 16.7 Å². The molecule has 9 heteroatoms.